The minimum absolute atomic E-state index is 0.0909. The van der Waals surface area contributed by atoms with Gasteiger partial charge in [0.2, 0.25) is 0 Å². The Hall–Kier alpha value is -2.71. The SMILES string of the molecule is Cc1nc(N)sc1CN1CCN(C(=O)c2cc3ccccc3oc2=O)CC1. The van der Waals surface area contributed by atoms with Gasteiger partial charge in [0.05, 0.1) is 5.69 Å². The van der Waals surface area contributed by atoms with Crippen molar-refractivity contribution in [2.24, 2.45) is 0 Å². The van der Waals surface area contributed by atoms with Gasteiger partial charge < -0.3 is 15.1 Å². The van der Waals surface area contributed by atoms with E-state index in [0.717, 1.165) is 35.6 Å². The molecule has 1 aliphatic heterocycles. The number of aryl methyl sites for hydroxylation is 1. The summed E-state index contributed by atoms with van der Waals surface area (Å²) in [6.45, 7) is 5.35. The van der Waals surface area contributed by atoms with Crippen LogP contribution in [0, 0.1) is 6.92 Å². The van der Waals surface area contributed by atoms with Crippen LogP contribution < -0.4 is 11.4 Å². The number of para-hydroxylation sites is 1. The van der Waals surface area contributed by atoms with Crippen LogP contribution in [0.25, 0.3) is 11.0 Å². The number of carbonyl (C=O) groups is 1. The highest BCUT2D eigenvalue weighted by atomic mass is 32.1. The molecule has 27 heavy (non-hydrogen) atoms. The third kappa shape index (κ3) is 3.58. The van der Waals surface area contributed by atoms with Crippen LogP contribution in [0.2, 0.25) is 0 Å². The van der Waals surface area contributed by atoms with Crippen LogP contribution in [0.3, 0.4) is 0 Å². The van der Waals surface area contributed by atoms with E-state index in [1.165, 1.54) is 11.3 Å². The van der Waals surface area contributed by atoms with E-state index in [-0.39, 0.29) is 11.5 Å². The Kier molecular flexibility index (Phi) is 4.67. The second kappa shape index (κ2) is 7.13. The maximum Gasteiger partial charge on any atom is 0.349 e. The van der Waals surface area contributed by atoms with Gasteiger partial charge in [-0.2, -0.15) is 0 Å². The number of hydrogen-bond acceptors (Lipinski definition) is 7. The average Bonchev–Trinajstić information content (AvgIpc) is 2.98. The zero-order chi connectivity index (χ0) is 19.0. The van der Waals surface area contributed by atoms with Gasteiger partial charge in [-0.05, 0) is 19.1 Å². The third-order valence-electron chi connectivity index (χ3n) is 4.81. The number of aromatic nitrogens is 1. The molecule has 3 heterocycles. The Labute approximate surface area is 160 Å². The lowest BCUT2D eigenvalue weighted by atomic mass is 10.1. The highest BCUT2D eigenvalue weighted by Crippen LogP contribution is 2.22. The standard InChI is InChI=1S/C19H20N4O3S/c1-12-16(27-19(20)21-12)11-22-6-8-23(9-7-22)17(24)14-10-13-4-2-3-5-15(13)26-18(14)25/h2-5,10H,6-9,11H2,1H3,(H2,20,21). The van der Waals surface area contributed by atoms with E-state index < -0.39 is 5.63 Å². The molecule has 1 fully saturated rings. The number of benzene rings is 1. The van der Waals surface area contributed by atoms with E-state index in [0.29, 0.717) is 23.8 Å². The molecule has 4 rings (SSSR count). The Morgan fingerprint density at radius 3 is 2.70 bits per heavy atom. The van der Waals surface area contributed by atoms with Gasteiger partial charge in [-0.1, -0.05) is 18.2 Å². The topological polar surface area (TPSA) is 92.7 Å². The Morgan fingerprint density at radius 1 is 1.26 bits per heavy atom. The Bertz CT molecular complexity index is 1050. The first-order valence-electron chi connectivity index (χ1n) is 8.77. The number of thiazole rings is 1. The van der Waals surface area contributed by atoms with Crippen molar-refractivity contribution in [1.29, 1.82) is 0 Å². The normalized spacial score (nSPS) is 15.4. The quantitative estimate of drug-likeness (QED) is 0.695. The maximum absolute atomic E-state index is 12.8. The molecular weight excluding hydrogens is 364 g/mol. The van der Waals surface area contributed by atoms with Crippen molar-refractivity contribution in [2.75, 3.05) is 31.9 Å². The number of piperazine rings is 1. The van der Waals surface area contributed by atoms with E-state index >= 15 is 0 Å². The van der Waals surface area contributed by atoms with Crippen LogP contribution in [0.5, 0.6) is 0 Å². The zero-order valence-corrected chi connectivity index (χ0v) is 15.8. The van der Waals surface area contributed by atoms with Crippen LogP contribution in [0.1, 0.15) is 20.9 Å². The highest BCUT2D eigenvalue weighted by Gasteiger charge is 2.25. The van der Waals surface area contributed by atoms with Crippen molar-refractivity contribution >= 4 is 33.3 Å². The Balaban J connectivity index is 1.45. The predicted octanol–water partition coefficient (Wildman–Crippen LogP) is 2.10. The van der Waals surface area contributed by atoms with Crippen molar-refractivity contribution in [2.45, 2.75) is 13.5 Å². The summed E-state index contributed by atoms with van der Waals surface area (Å²) in [5.74, 6) is -0.271. The van der Waals surface area contributed by atoms with Crippen LogP contribution in [0.15, 0.2) is 39.5 Å². The van der Waals surface area contributed by atoms with E-state index in [1.807, 2.05) is 19.1 Å². The highest BCUT2D eigenvalue weighted by molar-refractivity contribution is 7.15. The van der Waals surface area contributed by atoms with Gasteiger partial charge in [-0.3, -0.25) is 9.69 Å². The summed E-state index contributed by atoms with van der Waals surface area (Å²) in [5.41, 5.74) is 6.72. The molecule has 0 bridgehead atoms. The molecule has 0 atom stereocenters. The molecule has 1 amide bonds. The van der Waals surface area contributed by atoms with E-state index in [4.69, 9.17) is 10.2 Å². The minimum Gasteiger partial charge on any atom is -0.422 e. The van der Waals surface area contributed by atoms with Crippen molar-refractivity contribution < 1.29 is 9.21 Å². The first-order valence-corrected chi connectivity index (χ1v) is 9.59. The van der Waals surface area contributed by atoms with Gasteiger partial charge in [-0.15, -0.1) is 11.3 Å². The molecule has 0 radical (unpaired) electrons. The number of hydrogen-bond donors (Lipinski definition) is 1. The maximum atomic E-state index is 12.8. The zero-order valence-electron chi connectivity index (χ0n) is 15.0. The fourth-order valence-corrected chi connectivity index (χ4v) is 4.17. The number of rotatable bonds is 3. The molecule has 7 nitrogen and oxygen atoms in total. The van der Waals surface area contributed by atoms with Crippen molar-refractivity contribution in [1.82, 2.24) is 14.8 Å². The lowest BCUT2D eigenvalue weighted by Gasteiger charge is -2.34. The molecule has 8 heteroatoms. The molecule has 2 aromatic heterocycles. The van der Waals surface area contributed by atoms with E-state index in [2.05, 4.69) is 9.88 Å². The van der Waals surface area contributed by atoms with Crippen molar-refractivity contribution in [3.8, 4) is 0 Å². The summed E-state index contributed by atoms with van der Waals surface area (Å²) >= 11 is 1.51. The number of fused-ring (bicyclic) bond motifs is 1. The second-order valence-electron chi connectivity index (χ2n) is 6.61. The number of carbonyl (C=O) groups excluding carboxylic acids is 1. The monoisotopic (exact) mass is 384 g/mol. The number of nitrogens with two attached hydrogens (primary N) is 1. The molecule has 2 N–H and O–H groups in total. The van der Waals surface area contributed by atoms with Gasteiger partial charge in [0.1, 0.15) is 11.1 Å². The molecular formula is C19H20N4O3S. The van der Waals surface area contributed by atoms with Gasteiger partial charge in [0, 0.05) is 43.0 Å². The summed E-state index contributed by atoms with van der Waals surface area (Å²) < 4.78 is 5.29. The fourth-order valence-electron chi connectivity index (χ4n) is 3.29. The van der Waals surface area contributed by atoms with E-state index in [1.54, 1.807) is 23.1 Å². The predicted molar refractivity (Wildman–Crippen MR) is 105 cm³/mol. The molecule has 0 spiro atoms. The fraction of sp³-hybridized carbons (Fsp3) is 0.316. The average molecular weight is 384 g/mol. The summed E-state index contributed by atoms with van der Waals surface area (Å²) in [7, 11) is 0. The van der Waals surface area contributed by atoms with Crippen LogP contribution >= 0.6 is 11.3 Å². The van der Waals surface area contributed by atoms with E-state index in [9.17, 15) is 9.59 Å². The largest absolute Gasteiger partial charge is 0.422 e. The van der Waals surface area contributed by atoms with Crippen molar-refractivity contribution in [3.63, 3.8) is 0 Å². The van der Waals surface area contributed by atoms with Crippen LogP contribution in [-0.2, 0) is 6.54 Å². The molecule has 0 unspecified atom stereocenters. The summed E-state index contributed by atoms with van der Waals surface area (Å²) in [6.07, 6.45) is 0. The first-order chi connectivity index (χ1) is 13.0. The second-order valence-corrected chi connectivity index (χ2v) is 7.73. The lowest BCUT2D eigenvalue weighted by molar-refractivity contribution is 0.0625. The van der Waals surface area contributed by atoms with Gasteiger partial charge in [0.25, 0.3) is 5.91 Å². The smallest absolute Gasteiger partial charge is 0.349 e. The molecule has 0 aliphatic carbocycles. The Morgan fingerprint density at radius 2 is 2.00 bits per heavy atom. The lowest BCUT2D eigenvalue weighted by Crippen LogP contribution is -2.49. The molecule has 3 aromatic rings. The summed E-state index contributed by atoms with van der Waals surface area (Å²) in [6, 6.07) is 8.82. The van der Waals surface area contributed by atoms with Crippen LogP contribution in [0.4, 0.5) is 5.13 Å². The van der Waals surface area contributed by atoms with Crippen molar-refractivity contribution in [3.05, 3.63) is 56.9 Å². The van der Waals surface area contributed by atoms with Crippen LogP contribution in [-0.4, -0.2) is 46.9 Å². The summed E-state index contributed by atoms with van der Waals surface area (Å²) in [4.78, 5) is 34.4. The molecule has 1 aliphatic rings. The molecule has 0 saturated carbocycles. The number of nitrogen functional groups attached to an aromatic ring is 1. The minimum atomic E-state index is -0.586. The molecule has 1 saturated heterocycles. The number of nitrogens with zero attached hydrogens (tertiary/aromatic N) is 3. The molecule has 1 aromatic carbocycles. The first kappa shape index (κ1) is 17.7. The van der Waals surface area contributed by atoms with Gasteiger partial charge in [-0.25, -0.2) is 9.78 Å². The number of anilines is 1. The number of amides is 1. The third-order valence-corrected chi connectivity index (χ3v) is 5.78. The summed E-state index contributed by atoms with van der Waals surface area (Å²) in [5, 5.41) is 1.33. The van der Waals surface area contributed by atoms with Gasteiger partial charge >= 0.3 is 5.63 Å². The molecule has 140 valence electrons. The van der Waals surface area contributed by atoms with Gasteiger partial charge in [0.15, 0.2) is 5.13 Å².